The lowest BCUT2D eigenvalue weighted by molar-refractivity contribution is -0.433. The fourth-order valence-electron chi connectivity index (χ4n) is 9.36. The molecule has 0 aromatic heterocycles. The molecule has 8 heteroatoms. The molecule has 0 fully saturated rings. The number of nitrogens with zero attached hydrogens (tertiary/aromatic N) is 3. The van der Waals surface area contributed by atoms with Crippen molar-refractivity contribution in [3.05, 3.63) is 155 Å². The zero-order valence-electron chi connectivity index (χ0n) is 38.9. The Morgan fingerprint density at radius 3 is 1.86 bits per heavy atom. The van der Waals surface area contributed by atoms with Gasteiger partial charge in [0.2, 0.25) is 5.69 Å². The monoisotopic (exact) mass is 851 g/mol. The van der Waals surface area contributed by atoms with Crippen molar-refractivity contribution in [2.24, 2.45) is 0 Å². The molecule has 0 unspecified atom stereocenters. The average molecular weight is 851 g/mol. The number of hydrogen-bond donors (Lipinski definition) is 0. The van der Waals surface area contributed by atoms with Gasteiger partial charge in [-0.05, 0) is 124 Å². The number of fused-ring (bicyclic) bond motifs is 2. The van der Waals surface area contributed by atoms with Gasteiger partial charge in [0.1, 0.15) is 31.3 Å². The summed E-state index contributed by atoms with van der Waals surface area (Å²) in [6.07, 6.45) is 12.4. The fourth-order valence-corrected chi connectivity index (χ4v) is 9.36. The van der Waals surface area contributed by atoms with E-state index in [0.717, 1.165) is 61.8 Å². The number of anilines is 3. The first kappa shape index (κ1) is 45.6. The highest BCUT2D eigenvalue weighted by Crippen LogP contribution is 2.49. The fraction of sp³-hybridized carbons (Fsp3) is 0.400. The van der Waals surface area contributed by atoms with Gasteiger partial charge in [-0.2, -0.15) is 4.58 Å². The van der Waals surface area contributed by atoms with Crippen molar-refractivity contribution in [1.82, 2.24) is 0 Å². The van der Waals surface area contributed by atoms with Crippen LogP contribution < -0.4 is 19.3 Å². The number of para-hydroxylation sites is 2. The molecular formula is C55H68N3O5+. The third kappa shape index (κ3) is 9.89. The van der Waals surface area contributed by atoms with Crippen LogP contribution in [0.2, 0.25) is 0 Å². The molecule has 0 spiro atoms. The SMILES string of the molecule is CCCOCCOc1ccc(N(C2=C(/C=C/C3=[N+](CC)c4ccccc4C3(C)C)CC/C2=C\C=C2\N(CC)c3ccccc3C2(C)C)c2ccc(OCCOCCOC)cc2)cc1. The normalized spacial score (nSPS) is 17.7. The van der Waals surface area contributed by atoms with E-state index in [9.17, 15) is 0 Å². The molecule has 0 saturated carbocycles. The second-order valence-corrected chi connectivity index (χ2v) is 17.3. The van der Waals surface area contributed by atoms with Gasteiger partial charge in [-0.3, -0.25) is 0 Å². The van der Waals surface area contributed by atoms with Gasteiger partial charge in [-0.25, -0.2) is 0 Å². The summed E-state index contributed by atoms with van der Waals surface area (Å²) >= 11 is 0. The van der Waals surface area contributed by atoms with Crippen molar-refractivity contribution in [2.45, 2.75) is 78.6 Å². The summed E-state index contributed by atoms with van der Waals surface area (Å²) in [5.41, 5.74) is 13.5. The van der Waals surface area contributed by atoms with E-state index < -0.39 is 0 Å². The Balaban J connectivity index is 1.33. The van der Waals surface area contributed by atoms with Crippen LogP contribution in [0.3, 0.4) is 0 Å². The van der Waals surface area contributed by atoms with Gasteiger partial charge in [0.15, 0.2) is 5.71 Å². The van der Waals surface area contributed by atoms with Gasteiger partial charge in [-0.15, -0.1) is 0 Å². The van der Waals surface area contributed by atoms with Crippen LogP contribution in [0.1, 0.15) is 78.9 Å². The molecular weight excluding hydrogens is 783 g/mol. The first-order valence-corrected chi connectivity index (χ1v) is 23.0. The van der Waals surface area contributed by atoms with Gasteiger partial charge in [0.25, 0.3) is 0 Å². The maximum absolute atomic E-state index is 6.14. The Kier molecular flexibility index (Phi) is 15.1. The van der Waals surface area contributed by atoms with Crippen LogP contribution in [0, 0.1) is 0 Å². The summed E-state index contributed by atoms with van der Waals surface area (Å²) in [5, 5.41) is 0. The third-order valence-electron chi connectivity index (χ3n) is 12.6. The number of ether oxygens (including phenoxy) is 5. The van der Waals surface area contributed by atoms with Crippen molar-refractivity contribution in [2.75, 3.05) is 76.2 Å². The zero-order valence-corrected chi connectivity index (χ0v) is 38.9. The van der Waals surface area contributed by atoms with E-state index >= 15 is 0 Å². The second kappa shape index (κ2) is 20.8. The number of likely N-dealkylation sites (N-methyl/N-ethyl adjacent to an activating group) is 1. The number of allylic oxidation sites excluding steroid dienone is 7. The van der Waals surface area contributed by atoms with Gasteiger partial charge in [-0.1, -0.05) is 69.3 Å². The average Bonchev–Trinajstić information content (AvgIpc) is 3.87. The largest absolute Gasteiger partial charge is 0.491 e. The first-order chi connectivity index (χ1) is 30.6. The van der Waals surface area contributed by atoms with Crippen LogP contribution in [0.5, 0.6) is 11.5 Å². The van der Waals surface area contributed by atoms with Crippen LogP contribution in [0.15, 0.2) is 144 Å². The quantitative estimate of drug-likeness (QED) is 0.0611. The molecule has 0 radical (unpaired) electrons. The maximum Gasteiger partial charge on any atom is 0.209 e. The maximum atomic E-state index is 6.14. The molecule has 0 amide bonds. The lowest BCUT2D eigenvalue weighted by Gasteiger charge is -2.29. The molecule has 2 heterocycles. The Bertz CT molecular complexity index is 2330. The Hall–Kier alpha value is -5.41. The van der Waals surface area contributed by atoms with Gasteiger partial charge >= 0.3 is 0 Å². The molecule has 4 aromatic carbocycles. The molecule has 8 nitrogen and oxygen atoms in total. The highest BCUT2D eigenvalue weighted by molar-refractivity contribution is 6.03. The molecule has 7 rings (SSSR count). The summed E-state index contributed by atoms with van der Waals surface area (Å²) in [7, 11) is 1.68. The Labute approximate surface area is 376 Å². The van der Waals surface area contributed by atoms with E-state index in [1.165, 1.54) is 50.8 Å². The number of hydrogen-bond acceptors (Lipinski definition) is 7. The standard InChI is InChI=1S/C55H68N3O5/c1-9-34-60-37-39-62-45-28-24-43(25-29-45)58(44-26-30-46(31-27-44)63-40-38-61-36-35-59-8)53-41(22-32-51-54(4,5)47-16-12-14-18-49(47)56(51)10-2)20-21-42(53)23-33-52-55(6,7)48-17-13-15-19-50(48)57(52)11-3/h12-19,22-33H,9-11,20-21,34-40H2,1-8H3/q+1. The summed E-state index contributed by atoms with van der Waals surface area (Å²) in [6, 6.07) is 34.7. The van der Waals surface area contributed by atoms with Crippen molar-refractivity contribution >= 4 is 28.5 Å². The summed E-state index contributed by atoms with van der Waals surface area (Å²) < 4.78 is 31.2. The van der Waals surface area contributed by atoms with Crippen molar-refractivity contribution < 1.29 is 28.3 Å². The van der Waals surface area contributed by atoms with Crippen LogP contribution in [0.25, 0.3) is 0 Å². The van der Waals surface area contributed by atoms with E-state index in [1.807, 2.05) is 0 Å². The molecule has 0 bridgehead atoms. The molecule has 1 aliphatic carbocycles. The third-order valence-corrected chi connectivity index (χ3v) is 12.6. The minimum atomic E-state index is -0.139. The van der Waals surface area contributed by atoms with Crippen LogP contribution >= 0.6 is 0 Å². The van der Waals surface area contributed by atoms with Crippen LogP contribution in [0.4, 0.5) is 22.7 Å². The molecule has 0 atom stereocenters. The molecule has 332 valence electrons. The lowest BCUT2D eigenvalue weighted by atomic mass is 9.81. The molecule has 3 aliphatic rings. The highest BCUT2D eigenvalue weighted by atomic mass is 16.5. The van der Waals surface area contributed by atoms with Gasteiger partial charge < -0.3 is 33.5 Å². The van der Waals surface area contributed by atoms with E-state index in [0.29, 0.717) is 39.6 Å². The molecule has 0 saturated heterocycles. The minimum Gasteiger partial charge on any atom is -0.491 e. The van der Waals surface area contributed by atoms with Crippen LogP contribution in [-0.4, -0.2) is 76.7 Å². The highest BCUT2D eigenvalue weighted by Gasteiger charge is 2.44. The summed E-state index contributed by atoms with van der Waals surface area (Å²) in [5.74, 6) is 1.61. The lowest BCUT2D eigenvalue weighted by Crippen LogP contribution is -2.27. The molecule has 63 heavy (non-hydrogen) atoms. The Morgan fingerprint density at radius 1 is 0.635 bits per heavy atom. The first-order valence-electron chi connectivity index (χ1n) is 23.0. The van der Waals surface area contributed by atoms with E-state index in [4.69, 9.17) is 23.7 Å². The Morgan fingerprint density at radius 2 is 1.24 bits per heavy atom. The van der Waals surface area contributed by atoms with E-state index in [2.05, 4.69) is 184 Å². The van der Waals surface area contributed by atoms with Crippen molar-refractivity contribution in [3.63, 3.8) is 0 Å². The minimum absolute atomic E-state index is 0.139. The van der Waals surface area contributed by atoms with E-state index in [1.54, 1.807) is 7.11 Å². The smallest absolute Gasteiger partial charge is 0.209 e. The predicted octanol–water partition coefficient (Wildman–Crippen LogP) is 12.0. The predicted molar refractivity (Wildman–Crippen MR) is 259 cm³/mol. The summed E-state index contributed by atoms with van der Waals surface area (Å²) in [4.78, 5) is 4.90. The molecule has 0 N–H and O–H groups in total. The van der Waals surface area contributed by atoms with Crippen molar-refractivity contribution in [1.29, 1.82) is 0 Å². The molecule has 2 aliphatic heterocycles. The van der Waals surface area contributed by atoms with Gasteiger partial charge in [0.05, 0.1) is 37.5 Å². The number of methoxy groups -OCH3 is 1. The van der Waals surface area contributed by atoms with E-state index in [-0.39, 0.29) is 10.8 Å². The van der Waals surface area contributed by atoms with Crippen LogP contribution in [-0.2, 0) is 25.0 Å². The van der Waals surface area contributed by atoms with Crippen molar-refractivity contribution in [3.8, 4) is 11.5 Å². The van der Waals surface area contributed by atoms with Gasteiger partial charge in [0, 0.05) is 66.1 Å². The summed E-state index contributed by atoms with van der Waals surface area (Å²) in [6.45, 7) is 21.7. The zero-order chi connectivity index (χ0) is 44.4. The second-order valence-electron chi connectivity index (χ2n) is 17.3. The number of rotatable bonds is 21. The number of benzene rings is 4. The molecule has 4 aromatic rings. The topological polar surface area (TPSA) is 55.6 Å².